The van der Waals surface area contributed by atoms with E-state index in [2.05, 4.69) is 5.32 Å². The maximum atomic E-state index is 12.2. The molecule has 0 saturated heterocycles. The highest BCUT2D eigenvalue weighted by molar-refractivity contribution is 6.30. The maximum Gasteiger partial charge on any atom is 0.410 e. The van der Waals surface area contributed by atoms with E-state index < -0.39 is 30.4 Å². The summed E-state index contributed by atoms with van der Waals surface area (Å²) >= 11 is 5.86. The monoisotopic (exact) mass is 405 g/mol. The van der Waals surface area contributed by atoms with Crippen LogP contribution in [0.1, 0.15) is 41.7 Å². The number of alkyl carbamates (subject to hydrolysis) is 1. The number of carbonyl (C=O) groups is 3. The molecule has 7 nitrogen and oxygen atoms in total. The molecule has 0 aromatic heterocycles. The standard InChI is InChI=1S/C20H20ClNO6/c1-13(27-19(25)15-5-3-2-4-6-15)28-20(26)22-17(11-12-18(23)24)14-7-9-16(21)10-8-14/h2-10,13,17H,11-12H2,1H3,(H,22,26)(H,23,24). The molecule has 0 fully saturated rings. The van der Waals surface area contributed by atoms with Crippen LogP contribution in [0.4, 0.5) is 4.79 Å². The second-order valence-corrected chi connectivity index (χ2v) is 6.36. The highest BCUT2D eigenvalue weighted by atomic mass is 35.5. The first-order chi connectivity index (χ1) is 13.3. The number of aliphatic carboxylic acids is 1. The van der Waals surface area contributed by atoms with Crippen molar-refractivity contribution in [3.05, 3.63) is 70.7 Å². The van der Waals surface area contributed by atoms with E-state index in [-0.39, 0.29) is 12.8 Å². The van der Waals surface area contributed by atoms with E-state index in [1.54, 1.807) is 54.6 Å². The van der Waals surface area contributed by atoms with Crippen molar-refractivity contribution >= 4 is 29.6 Å². The average molecular weight is 406 g/mol. The number of carboxylic acid groups (broad SMARTS) is 1. The Balaban J connectivity index is 1.95. The summed E-state index contributed by atoms with van der Waals surface area (Å²) in [5.74, 6) is -1.61. The van der Waals surface area contributed by atoms with Crippen molar-refractivity contribution in [3.8, 4) is 0 Å². The van der Waals surface area contributed by atoms with Crippen molar-refractivity contribution in [2.24, 2.45) is 0 Å². The van der Waals surface area contributed by atoms with Crippen LogP contribution in [0, 0.1) is 0 Å². The van der Waals surface area contributed by atoms with Crippen LogP contribution in [-0.2, 0) is 14.3 Å². The summed E-state index contributed by atoms with van der Waals surface area (Å²) in [5.41, 5.74) is 1.01. The van der Waals surface area contributed by atoms with Gasteiger partial charge in [0.15, 0.2) is 0 Å². The van der Waals surface area contributed by atoms with Crippen molar-refractivity contribution in [2.75, 3.05) is 0 Å². The molecule has 8 heteroatoms. The molecule has 2 aromatic carbocycles. The number of hydrogen-bond acceptors (Lipinski definition) is 5. The second kappa shape index (κ2) is 10.3. The molecule has 0 aliphatic carbocycles. The Morgan fingerprint density at radius 3 is 2.29 bits per heavy atom. The summed E-state index contributed by atoms with van der Waals surface area (Å²) in [5, 5.41) is 12.0. The van der Waals surface area contributed by atoms with E-state index in [1.807, 2.05) is 0 Å². The molecule has 0 saturated carbocycles. The number of ether oxygens (including phenoxy) is 2. The van der Waals surface area contributed by atoms with Gasteiger partial charge in [-0.25, -0.2) is 9.59 Å². The smallest absolute Gasteiger partial charge is 0.410 e. The number of nitrogens with one attached hydrogen (secondary N) is 1. The summed E-state index contributed by atoms with van der Waals surface area (Å²) in [7, 11) is 0. The first-order valence-corrected chi connectivity index (χ1v) is 8.93. The van der Waals surface area contributed by atoms with E-state index >= 15 is 0 Å². The number of hydrogen-bond donors (Lipinski definition) is 2. The van der Waals surface area contributed by atoms with Crippen LogP contribution in [-0.4, -0.2) is 29.4 Å². The Morgan fingerprint density at radius 1 is 1.04 bits per heavy atom. The fraction of sp³-hybridized carbons (Fsp3) is 0.250. The van der Waals surface area contributed by atoms with Gasteiger partial charge in [0.05, 0.1) is 11.6 Å². The molecule has 2 N–H and O–H groups in total. The molecule has 0 radical (unpaired) electrons. The zero-order valence-electron chi connectivity index (χ0n) is 15.1. The molecule has 0 bridgehead atoms. The Morgan fingerprint density at radius 2 is 1.68 bits per heavy atom. The number of rotatable bonds is 8. The molecule has 28 heavy (non-hydrogen) atoms. The highest BCUT2D eigenvalue weighted by Gasteiger charge is 2.20. The SMILES string of the molecule is CC(OC(=O)NC(CCC(=O)O)c1ccc(Cl)cc1)OC(=O)c1ccccc1. The number of carbonyl (C=O) groups excluding carboxylic acids is 2. The van der Waals surface area contributed by atoms with Crippen LogP contribution < -0.4 is 5.32 Å². The van der Waals surface area contributed by atoms with Crippen LogP contribution in [0.2, 0.25) is 5.02 Å². The van der Waals surface area contributed by atoms with Gasteiger partial charge in [-0.15, -0.1) is 0 Å². The lowest BCUT2D eigenvalue weighted by Crippen LogP contribution is -2.33. The first kappa shape index (κ1) is 21.2. The summed E-state index contributed by atoms with van der Waals surface area (Å²) in [4.78, 5) is 35.0. The van der Waals surface area contributed by atoms with Gasteiger partial charge in [0.2, 0.25) is 6.29 Å². The molecular weight excluding hydrogens is 386 g/mol. The highest BCUT2D eigenvalue weighted by Crippen LogP contribution is 2.21. The van der Waals surface area contributed by atoms with Crippen molar-refractivity contribution in [2.45, 2.75) is 32.1 Å². The maximum absolute atomic E-state index is 12.2. The molecule has 2 aromatic rings. The summed E-state index contributed by atoms with van der Waals surface area (Å²) < 4.78 is 10.1. The average Bonchev–Trinajstić information content (AvgIpc) is 2.66. The number of amides is 1. The Bertz CT molecular complexity index is 809. The molecular formula is C20H20ClNO6. The van der Waals surface area contributed by atoms with Crippen molar-refractivity contribution in [3.63, 3.8) is 0 Å². The van der Waals surface area contributed by atoms with Gasteiger partial charge in [-0.3, -0.25) is 4.79 Å². The minimum atomic E-state index is -1.13. The normalized spacial score (nSPS) is 12.5. The predicted molar refractivity (Wildman–Crippen MR) is 102 cm³/mol. The van der Waals surface area contributed by atoms with Crippen LogP contribution >= 0.6 is 11.6 Å². The van der Waals surface area contributed by atoms with E-state index in [0.29, 0.717) is 16.1 Å². The molecule has 2 rings (SSSR count). The van der Waals surface area contributed by atoms with Gasteiger partial charge in [0.25, 0.3) is 0 Å². The third kappa shape index (κ3) is 6.92. The largest absolute Gasteiger partial charge is 0.481 e. The Kier molecular flexibility index (Phi) is 7.83. The quantitative estimate of drug-likeness (QED) is 0.504. The molecule has 148 valence electrons. The second-order valence-electron chi connectivity index (χ2n) is 5.93. The van der Waals surface area contributed by atoms with Gasteiger partial charge in [0, 0.05) is 18.4 Å². The van der Waals surface area contributed by atoms with Gasteiger partial charge < -0.3 is 19.9 Å². The van der Waals surface area contributed by atoms with Crippen LogP contribution in [0.25, 0.3) is 0 Å². The molecule has 2 unspecified atom stereocenters. The Hall–Kier alpha value is -3.06. The number of benzene rings is 2. The van der Waals surface area contributed by atoms with Crippen molar-refractivity contribution in [1.29, 1.82) is 0 Å². The fourth-order valence-corrected chi connectivity index (χ4v) is 2.56. The lowest BCUT2D eigenvalue weighted by atomic mass is 10.0. The van der Waals surface area contributed by atoms with E-state index in [0.717, 1.165) is 0 Å². The molecule has 2 atom stereocenters. The van der Waals surface area contributed by atoms with Gasteiger partial charge in [0.1, 0.15) is 0 Å². The summed E-state index contributed by atoms with van der Waals surface area (Å²) in [6.07, 6.45) is -1.95. The minimum Gasteiger partial charge on any atom is -0.481 e. The minimum absolute atomic E-state index is 0.147. The van der Waals surface area contributed by atoms with E-state index in [4.69, 9.17) is 26.2 Å². The van der Waals surface area contributed by atoms with Crippen molar-refractivity contribution < 1.29 is 29.0 Å². The number of carboxylic acids is 1. The molecule has 0 aliphatic heterocycles. The first-order valence-electron chi connectivity index (χ1n) is 8.55. The lowest BCUT2D eigenvalue weighted by molar-refractivity contribution is -0.137. The molecule has 0 heterocycles. The van der Waals surface area contributed by atoms with Crippen LogP contribution in [0.15, 0.2) is 54.6 Å². The van der Waals surface area contributed by atoms with Gasteiger partial charge in [-0.05, 0) is 36.2 Å². The fourth-order valence-electron chi connectivity index (χ4n) is 2.43. The van der Waals surface area contributed by atoms with Crippen molar-refractivity contribution in [1.82, 2.24) is 5.32 Å². The van der Waals surface area contributed by atoms with E-state index in [9.17, 15) is 14.4 Å². The third-order valence-electron chi connectivity index (χ3n) is 3.77. The molecule has 1 amide bonds. The van der Waals surface area contributed by atoms with Crippen LogP contribution in [0.5, 0.6) is 0 Å². The van der Waals surface area contributed by atoms with Gasteiger partial charge >= 0.3 is 18.0 Å². The summed E-state index contributed by atoms with van der Waals surface area (Å²) in [6, 6.07) is 14.4. The zero-order valence-corrected chi connectivity index (χ0v) is 15.9. The molecule has 0 spiro atoms. The number of halogens is 1. The lowest BCUT2D eigenvalue weighted by Gasteiger charge is -2.20. The predicted octanol–water partition coefficient (Wildman–Crippen LogP) is 4.18. The third-order valence-corrected chi connectivity index (χ3v) is 4.02. The Labute approximate surface area is 167 Å². The van der Waals surface area contributed by atoms with E-state index in [1.165, 1.54) is 6.92 Å². The van der Waals surface area contributed by atoms with Gasteiger partial charge in [-0.1, -0.05) is 41.9 Å². The van der Waals surface area contributed by atoms with Crippen LogP contribution in [0.3, 0.4) is 0 Å². The topological polar surface area (TPSA) is 102 Å². The zero-order chi connectivity index (χ0) is 20.5. The molecule has 0 aliphatic rings. The number of esters is 1. The summed E-state index contributed by atoms with van der Waals surface area (Å²) in [6.45, 7) is 1.41. The van der Waals surface area contributed by atoms with Gasteiger partial charge in [-0.2, -0.15) is 0 Å².